The van der Waals surface area contributed by atoms with Crippen molar-refractivity contribution in [2.24, 2.45) is 5.73 Å². The van der Waals surface area contributed by atoms with Gasteiger partial charge in [-0.2, -0.15) is 0 Å². The zero-order chi connectivity index (χ0) is 9.56. The van der Waals surface area contributed by atoms with E-state index >= 15 is 0 Å². The van der Waals surface area contributed by atoms with Crippen LogP contribution in [0.2, 0.25) is 0 Å². The van der Waals surface area contributed by atoms with Gasteiger partial charge in [0, 0.05) is 11.3 Å². The molecule has 0 rings (SSSR count). The van der Waals surface area contributed by atoms with Crippen molar-refractivity contribution in [2.45, 2.75) is 12.5 Å². The van der Waals surface area contributed by atoms with Gasteiger partial charge in [0.1, 0.15) is 6.04 Å². The summed E-state index contributed by atoms with van der Waals surface area (Å²) in [5.74, 6) is -0.447. The van der Waals surface area contributed by atoms with E-state index in [4.69, 9.17) is 34.0 Å². The molecule has 12 heavy (non-hydrogen) atoms. The number of halogens is 2. The highest BCUT2D eigenvalue weighted by atomic mass is 35.5. The number of hydrogen-bond acceptors (Lipinski definition) is 3. The quantitative estimate of drug-likeness (QED) is 0.755. The van der Waals surface area contributed by atoms with Crippen LogP contribution in [-0.4, -0.2) is 22.9 Å². The fourth-order valence-electron chi connectivity index (χ4n) is 0.438. The first kappa shape index (κ1) is 12.1. The van der Waals surface area contributed by atoms with Crippen molar-refractivity contribution in [3.8, 4) is 0 Å². The average Bonchev–Trinajstić information content (AvgIpc) is 2.03. The molecule has 0 fully saturated rings. The number of hydrogen-bond donors (Lipinski definition) is 2. The molecule has 3 N–H and O–H groups in total. The van der Waals surface area contributed by atoms with E-state index in [1.54, 1.807) is 0 Å². The van der Waals surface area contributed by atoms with Crippen LogP contribution in [0.15, 0.2) is 9.90 Å². The number of aliphatic carboxylic acids is 1. The lowest BCUT2D eigenvalue weighted by molar-refractivity contribution is -0.138. The Morgan fingerprint density at radius 2 is 2.33 bits per heavy atom. The van der Waals surface area contributed by atoms with Crippen LogP contribution in [-0.2, 0) is 4.79 Å². The summed E-state index contributed by atoms with van der Waals surface area (Å²) in [6.07, 6.45) is 0.376. The topological polar surface area (TPSA) is 63.3 Å². The van der Waals surface area contributed by atoms with Crippen molar-refractivity contribution in [3.63, 3.8) is 0 Å². The minimum Gasteiger partial charge on any atom is -0.480 e. The maximum Gasteiger partial charge on any atom is 0.320 e. The van der Waals surface area contributed by atoms with Crippen LogP contribution in [0.5, 0.6) is 0 Å². The predicted molar refractivity (Wildman–Crippen MR) is 52.5 cm³/mol. The Morgan fingerprint density at radius 1 is 1.75 bits per heavy atom. The van der Waals surface area contributed by atoms with E-state index in [-0.39, 0.29) is 0 Å². The van der Waals surface area contributed by atoms with Crippen LogP contribution >= 0.6 is 35.0 Å². The molecule has 70 valence electrons. The second-order valence-electron chi connectivity index (χ2n) is 2.00. The predicted octanol–water partition coefficient (Wildman–Crippen LogP) is 1.80. The molecular weight excluding hydrogens is 221 g/mol. The van der Waals surface area contributed by atoms with Gasteiger partial charge in [0.15, 0.2) is 0 Å². The van der Waals surface area contributed by atoms with E-state index < -0.39 is 12.0 Å². The summed E-state index contributed by atoms with van der Waals surface area (Å²) in [5, 5.41) is 8.40. The Bertz CT molecular complexity index is 186. The van der Waals surface area contributed by atoms with E-state index in [0.717, 1.165) is 0 Å². The second kappa shape index (κ2) is 6.60. The van der Waals surface area contributed by atoms with Gasteiger partial charge in [0.2, 0.25) is 0 Å². The van der Waals surface area contributed by atoms with Crippen LogP contribution in [0.3, 0.4) is 0 Å². The highest BCUT2D eigenvalue weighted by Gasteiger charge is 2.10. The number of nitrogens with two attached hydrogens (primary N) is 1. The first-order valence-electron chi connectivity index (χ1n) is 3.15. The normalized spacial score (nSPS) is 14.4. The molecule has 0 amide bonds. The first-order valence-corrected chi connectivity index (χ1v) is 4.95. The van der Waals surface area contributed by atoms with E-state index in [2.05, 4.69) is 0 Å². The summed E-state index contributed by atoms with van der Waals surface area (Å²) in [6.45, 7) is 0. The van der Waals surface area contributed by atoms with Crippen molar-refractivity contribution < 1.29 is 9.90 Å². The molecule has 0 aliphatic carbocycles. The smallest absolute Gasteiger partial charge is 0.320 e. The summed E-state index contributed by atoms with van der Waals surface area (Å²) in [4.78, 5) is 10.2. The van der Waals surface area contributed by atoms with Gasteiger partial charge in [-0.15, -0.1) is 11.8 Å². The summed E-state index contributed by atoms with van der Waals surface area (Å²) >= 11 is 12.1. The molecule has 0 saturated heterocycles. The number of carboxylic acids is 1. The van der Waals surface area contributed by atoms with Gasteiger partial charge < -0.3 is 10.8 Å². The summed E-state index contributed by atoms with van der Waals surface area (Å²) in [6, 6.07) is -0.822. The van der Waals surface area contributed by atoms with Crippen LogP contribution in [0.4, 0.5) is 0 Å². The molecule has 1 atom stereocenters. The molecule has 0 saturated carbocycles. The van der Waals surface area contributed by atoms with Gasteiger partial charge in [-0.25, -0.2) is 0 Å². The van der Waals surface area contributed by atoms with Crippen molar-refractivity contribution in [1.29, 1.82) is 0 Å². The number of carbonyl (C=O) groups is 1. The lowest BCUT2D eigenvalue weighted by Crippen LogP contribution is -2.30. The number of rotatable bonds is 5. The van der Waals surface area contributed by atoms with Gasteiger partial charge >= 0.3 is 5.97 Å². The third-order valence-corrected chi connectivity index (χ3v) is 2.80. The van der Waals surface area contributed by atoms with Crippen LogP contribution in [0, 0.1) is 0 Å². The highest BCUT2D eigenvalue weighted by molar-refractivity contribution is 8.04. The van der Waals surface area contributed by atoms with Crippen molar-refractivity contribution in [2.75, 3.05) is 5.75 Å². The molecule has 0 aliphatic heterocycles. The fourth-order valence-corrected chi connectivity index (χ4v) is 1.49. The minimum absolute atomic E-state index is 0.376. The van der Waals surface area contributed by atoms with E-state index in [1.807, 2.05) is 0 Å². The Labute approximate surface area is 84.9 Å². The SMILES string of the molecule is N[C@@H](CCS/C(Cl)=C/Cl)C(=O)O. The average molecular weight is 230 g/mol. The van der Waals surface area contributed by atoms with Crippen LogP contribution in [0.1, 0.15) is 6.42 Å². The fraction of sp³-hybridized carbons (Fsp3) is 0.500. The van der Waals surface area contributed by atoms with Gasteiger partial charge in [-0.3, -0.25) is 4.79 Å². The standard InChI is InChI=1S/C6H9Cl2NO2S/c7-3-5(8)12-2-1-4(9)6(10)11/h3-4H,1-2,9H2,(H,10,11)/b5-3+/t4-/m0/s1. The lowest BCUT2D eigenvalue weighted by Gasteiger charge is -2.04. The molecule has 3 nitrogen and oxygen atoms in total. The Hall–Kier alpha value is 0.1000. The van der Waals surface area contributed by atoms with E-state index in [9.17, 15) is 4.79 Å². The minimum atomic E-state index is -0.999. The van der Waals surface area contributed by atoms with Gasteiger partial charge in [-0.05, 0) is 6.42 Å². The Morgan fingerprint density at radius 3 is 2.75 bits per heavy atom. The maximum absolute atomic E-state index is 10.2. The summed E-state index contributed by atoms with van der Waals surface area (Å²) in [5.41, 5.74) is 6.47. The molecule has 0 heterocycles. The van der Waals surface area contributed by atoms with Gasteiger partial charge in [0.05, 0.1) is 4.36 Å². The number of carboxylic acid groups (broad SMARTS) is 1. The van der Waals surface area contributed by atoms with Crippen molar-refractivity contribution in [1.82, 2.24) is 0 Å². The van der Waals surface area contributed by atoms with Crippen LogP contribution < -0.4 is 5.73 Å². The summed E-state index contributed by atoms with van der Waals surface area (Å²) in [7, 11) is 0. The van der Waals surface area contributed by atoms with E-state index in [1.165, 1.54) is 17.3 Å². The van der Waals surface area contributed by atoms with Crippen molar-refractivity contribution >= 4 is 40.9 Å². The molecule has 0 aliphatic rings. The zero-order valence-electron chi connectivity index (χ0n) is 6.17. The zero-order valence-corrected chi connectivity index (χ0v) is 8.49. The molecule has 0 spiro atoms. The molecule has 6 heteroatoms. The molecule has 0 aromatic rings. The lowest BCUT2D eigenvalue weighted by atomic mass is 10.2. The van der Waals surface area contributed by atoms with Gasteiger partial charge in [0.25, 0.3) is 0 Å². The molecule has 0 bridgehead atoms. The number of thioether (sulfide) groups is 1. The Kier molecular flexibility index (Phi) is 6.65. The third-order valence-electron chi connectivity index (χ3n) is 1.07. The molecule has 0 unspecified atom stereocenters. The molecule has 0 radical (unpaired) electrons. The molecule has 0 aromatic carbocycles. The second-order valence-corrected chi connectivity index (χ2v) is 3.98. The molecular formula is C6H9Cl2NO2S. The monoisotopic (exact) mass is 229 g/mol. The first-order chi connectivity index (χ1) is 5.57. The van der Waals surface area contributed by atoms with Gasteiger partial charge in [-0.1, -0.05) is 23.2 Å². The maximum atomic E-state index is 10.2. The summed E-state index contributed by atoms with van der Waals surface area (Å²) < 4.78 is 0.439. The third kappa shape index (κ3) is 5.71. The highest BCUT2D eigenvalue weighted by Crippen LogP contribution is 2.21. The largest absolute Gasteiger partial charge is 0.480 e. The molecule has 0 aromatic heterocycles. The van der Waals surface area contributed by atoms with Crippen molar-refractivity contribution in [3.05, 3.63) is 9.90 Å². The van der Waals surface area contributed by atoms with E-state index in [0.29, 0.717) is 16.5 Å². The van der Waals surface area contributed by atoms with Crippen LogP contribution in [0.25, 0.3) is 0 Å². The Balaban J connectivity index is 3.50.